The predicted molar refractivity (Wildman–Crippen MR) is 91.5 cm³/mol. The van der Waals surface area contributed by atoms with Crippen LogP contribution >= 0.6 is 12.4 Å². The molecule has 2 amide bonds. The van der Waals surface area contributed by atoms with Gasteiger partial charge in [0.05, 0.1) is 17.7 Å². The SMILES string of the molecule is CCCCC(CN)NC(=O)CNC(=O)c1ccccc1C(F)(F)F.Cl. The summed E-state index contributed by atoms with van der Waals surface area (Å²) in [6, 6.07) is 4.21. The maximum atomic E-state index is 12.9. The number of alkyl halides is 3. The molecule has 9 heteroatoms. The lowest BCUT2D eigenvalue weighted by molar-refractivity contribution is -0.137. The first-order valence-electron chi connectivity index (χ1n) is 7.73. The van der Waals surface area contributed by atoms with Crippen molar-refractivity contribution in [1.29, 1.82) is 0 Å². The number of nitrogens with one attached hydrogen (secondary N) is 2. The second-order valence-electron chi connectivity index (χ2n) is 5.37. The summed E-state index contributed by atoms with van der Waals surface area (Å²) < 4.78 is 38.6. The second-order valence-corrected chi connectivity index (χ2v) is 5.37. The van der Waals surface area contributed by atoms with Crippen molar-refractivity contribution < 1.29 is 22.8 Å². The highest BCUT2D eigenvalue weighted by Crippen LogP contribution is 2.31. The third-order valence-electron chi connectivity index (χ3n) is 3.44. The number of carbonyl (C=O) groups is 2. The first-order chi connectivity index (χ1) is 11.3. The Kier molecular flexibility index (Phi) is 10.2. The zero-order valence-corrected chi connectivity index (χ0v) is 14.7. The van der Waals surface area contributed by atoms with E-state index in [4.69, 9.17) is 5.73 Å². The van der Waals surface area contributed by atoms with Crippen LogP contribution in [-0.4, -0.2) is 30.9 Å². The molecule has 0 fully saturated rings. The molecule has 1 aromatic carbocycles. The van der Waals surface area contributed by atoms with Crippen LogP contribution in [0.4, 0.5) is 13.2 Å². The Morgan fingerprint density at radius 1 is 1.24 bits per heavy atom. The molecule has 5 nitrogen and oxygen atoms in total. The molecule has 25 heavy (non-hydrogen) atoms. The third kappa shape index (κ3) is 7.74. The van der Waals surface area contributed by atoms with Crippen molar-refractivity contribution in [2.24, 2.45) is 5.73 Å². The van der Waals surface area contributed by atoms with Gasteiger partial charge in [0, 0.05) is 12.6 Å². The maximum Gasteiger partial charge on any atom is 0.417 e. The molecule has 0 bridgehead atoms. The van der Waals surface area contributed by atoms with E-state index < -0.39 is 35.7 Å². The Morgan fingerprint density at radius 2 is 1.88 bits per heavy atom. The molecule has 1 rings (SSSR count). The van der Waals surface area contributed by atoms with Crippen LogP contribution < -0.4 is 16.4 Å². The van der Waals surface area contributed by atoms with E-state index in [0.717, 1.165) is 25.0 Å². The number of rotatable bonds is 8. The maximum absolute atomic E-state index is 12.9. The molecular formula is C16H23ClF3N3O2. The lowest BCUT2D eigenvalue weighted by atomic mass is 10.1. The van der Waals surface area contributed by atoms with E-state index in [1.54, 1.807) is 0 Å². The van der Waals surface area contributed by atoms with E-state index in [2.05, 4.69) is 10.6 Å². The van der Waals surface area contributed by atoms with Gasteiger partial charge in [0.2, 0.25) is 5.91 Å². The van der Waals surface area contributed by atoms with Crippen molar-refractivity contribution in [3.8, 4) is 0 Å². The molecule has 0 saturated carbocycles. The quantitative estimate of drug-likeness (QED) is 0.646. The van der Waals surface area contributed by atoms with Crippen molar-refractivity contribution >= 4 is 24.2 Å². The average Bonchev–Trinajstić information content (AvgIpc) is 2.55. The van der Waals surface area contributed by atoms with Gasteiger partial charge >= 0.3 is 6.18 Å². The summed E-state index contributed by atoms with van der Waals surface area (Å²) >= 11 is 0. The first-order valence-corrected chi connectivity index (χ1v) is 7.73. The molecule has 0 aromatic heterocycles. The average molecular weight is 382 g/mol. The van der Waals surface area contributed by atoms with Gasteiger partial charge in [-0.05, 0) is 18.6 Å². The minimum absolute atomic E-state index is 0. The van der Waals surface area contributed by atoms with E-state index in [-0.39, 0.29) is 25.0 Å². The fourth-order valence-electron chi connectivity index (χ4n) is 2.16. The summed E-state index contributed by atoms with van der Waals surface area (Å²) in [5, 5.41) is 4.86. The molecule has 0 radical (unpaired) electrons. The van der Waals surface area contributed by atoms with E-state index in [0.29, 0.717) is 6.42 Å². The molecule has 0 aliphatic rings. The molecule has 0 saturated heterocycles. The summed E-state index contributed by atoms with van der Waals surface area (Å²) in [4.78, 5) is 23.7. The summed E-state index contributed by atoms with van der Waals surface area (Å²) in [6.45, 7) is 1.86. The Balaban J connectivity index is 0.00000576. The molecule has 1 unspecified atom stereocenters. The standard InChI is InChI=1S/C16H22F3N3O2.ClH/c1-2-3-6-11(9-20)22-14(23)10-21-15(24)12-7-4-5-8-13(12)16(17,18)19;/h4-5,7-8,11H,2-3,6,9-10,20H2,1H3,(H,21,24)(H,22,23);1H. The highest BCUT2D eigenvalue weighted by atomic mass is 35.5. The van der Waals surface area contributed by atoms with Crippen LogP contribution in [0.15, 0.2) is 24.3 Å². The van der Waals surface area contributed by atoms with Gasteiger partial charge in [0.15, 0.2) is 0 Å². The molecule has 1 atom stereocenters. The van der Waals surface area contributed by atoms with Crippen LogP contribution in [0.1, 0.15) is 42.1 Å². The first kappa shape index (κ1) is 23.2. The molecule has 0 aliphatic carbocycles. The number of unbranched alkanes of at least 4 members (excludes halogenated alkanes) is 1. The molecular weight excluding hydrogens is 359 g/mol. The molecule has 142 valence electrons. The van der Waals surface area contributed by atoms with E-state index >= 15 is 0 Å². The van der Waals surface area contributed by atoms with Crippen molar-refractivity contribution in [3.05, 3.63) is 35.4 Å². The van der Waals surface area contributed by atoms with Crippen molar-refractivity contribution in [1.82, 2.24) is 10.6 Å². The molecule has 0 spiro atoms. The Bertz CT molecular complexity index is 568. The predicted octanol–water partition coefficient (Wildman–Crippen LogP) is 2.49. The fraction of sp³-hybridized carbons (Fsp3) is 0.500. The van der Waals surface area contributed by atoms with Gasteiger partial charge in [-0.25, -0.2) is 0 Å². The fourth-order valence-corrected chi connectivity index (χ4v) is 2.16. The van der Waals surface area contributed by atoms with Gasteiger partial charge in [-0.15, -0.1) is 12.4 Å². The lowest BCUT2D eigenvalue weighted by Gasteiger charge is -2.17. The summed E-state index contributed by atoms with van der Waals surface area (Å²) in [5.74, 6) is -1.43. The molecule has 1 aromatic rings. The molecule has 0 heterocycles. The van der Waals surface area contributed by atoms with Gasteiger partial charge < -0.3 is 16.4 Å². The largest absolute Gasteiger partial charge is 0.417 e. The van der Waals surface area contributed by atoms with Gasteiger partial charge in [-0.1, -0.05) is 31.9 Å². The third-order valence-corrected chi connectivity index (χ3v) is 3.44. The van der Waals surface area contributed by atoms with Crippen LogP contribution in [0.25, 0.3) is 0 Å². The Hall–Kier alpha value is -1.80. The second kappa shape index (κ2) is 10.9. The van der Waals surface area contributed by atoms with Crippen LogP contribution in [0.5, 0.6) is 0 Å². The van der Waals surface area contributed by atoms with Crippen LogP contribution in [0.2, 0.25) is 0 Å². The van der Waals surface area contributed by atoms with Crippen molar-refractivity contribution in [3.63, 3.8) is 0 Å². The minimum atomic E-state index is -4.64. The van der Waals surface area contributed by atoms with E-state index in [1.807, 2.05) is 6.92 Å². The van der Waals surface area contributed by atoms with Crippen LogP contribution in [0.3, 0.4) is 0 Å². The van der Waals surface area contributed by atoms with E-state index in [1.165, 1.54) is 12.1 Å². The lowest BCUT2D eigenvalue weighted by Crippen LogP contribution is -2.45. The molecule has 4 N–H and O–H groups in total. The molecule has 0 aliphatic heterocycles. The van der Waals surface area contributed by atoms with Gasteiger partial charge in [0.25, 0.3) is 5.91 Å². The monoisotopic (exact) mass is 381 g/mol. The van der Waals surface area contributed by atoms with E-state index in [9.17, 15) is 22.8 Å². The smallest absolute Gasteiger partial charge is 0.351 e. The normalized spacial score (nSPS) is 12.0. The van der Waals surface area contributed by atoms with Gasteiger partial charge in [-0.2, -0.15) is 13.2 Å². The summed E-state index contributed by atoms with van der Waals surface area (Å²) in [6.07, 6.45) is -2.07. The zero-order chi connectivity index (χ0) is 18.2. The number of amides is 2. The number of carbonyl (C=O) groups excluding carboxylic acids is 2. The summed E-state index contributed by atoms with van der Waals surface area (Å²) in [7, 11) is 0. The van der Waals surface area contributed by atoms with Crippen LogP contribution in [-0.2, 0) is 11.0 Å². The summed E-state index contributed by atoms with van der Waals surface area (Å²) in [5.41, 5.74) is 4.00. The minimum Gasteiger partial charge on any atom is -0.351 e. The van der Waals surface area contributed by atoms with Crippen molar-refractivity contribution in [2.75, 3.05) is 13.1 Å². The van der Waals surface area contributed by atoms with Gasteiger partial charge in [0.1, 0.15) is 0 Å². The Morgan fingerprint density at radius 3 is 2.44 bits per heavy atom. The number of halogens is 4. The topological polar surface area (TPSA) is 84.2 Å². The number of hydrogen-bond acceptors (Lipinski definition) is 3. The van der Waals surface area contributed by atoms with Gasteiger partial charge in [-0.3, -0.25) is 9.59 Å². The number of nitrogens with two attached hydrogens (primary N) is 1. The highest BCUT2D eigenvalue weighted by Gasteiger charge is 2.34. The number of benzene rings is 1. The van der Waals surface area contributed by atoms with Crippen molar-refractivity contribution in [2.45, 2.75) is 38.4 Å². The Labute approximate surface area is 150 Å². The van der Waals surface area contributed by atoms with Crippen LogP contribution in [0, 0.1) is 0 Å². The zero-order valence-electron chi connectivity index (χ0n) is 13.9. The number of hydrogen-bond donors (Lipinski definition) is 3. The highest BCUT2D eigenvalue weighted by molar-refractivity contribution is 5.97.